The topological polar surface area (TPSA) is 41.5 Å². The molecule has 3 nitrogen and oxygen atoms in total. The molecule has 0 aliphatic rings. The lowest BCUT2D eigenvalue weighted by Crippen LogP contribution is -2.26. The van der Waals surface area contributed by atoms with Crippen LogP contribution in [0.2, 0.25) is 0 Å². The van der Waals surface area contributed by atoms with E-state index in [1.54, 1.807) is 19.9 Å². The third kappa shape index (κ3) is 4.32. The highest BCUT2D eigenvalue weighted by Gasteiger charge is 2.13. The third-order valence-electron chi connectivity index (χ3n) is 2.58. The van der Waals surface area contributed by atoms with Gasteiger partial charge in [0, 0.05) is 12.1 Å². The van der Waals surface area contributed by atoms with Gasteiger partial charge < -0.3 is 15.2 Å². The first-order valence-corrected chi connectivity index (χ1v) is 5.88. The van der Waals surface area contributed by atoms with Crippen LogP contribution in [-0.4, -0.2) is 23.9 Å². The first-order chi connectivity index (χ1) is 8.04. The van der Waals surface area contributed by atoms with E-state index < -0.39 is 6.10 Å². The number of halogens is 1. The van der Waals surface area contributed by atoms with Crippen LogP contribution in [0.1, 0.15) is 26.3 Å². The molecule has 4 heteroatoms. The summed E-state index contributed by atoms with van der Waals surface area (Å²) in [7, 11) is 0. The Balaban J connectivity index is 2.82. The summed E-state index contributed by atoms with van der Waals surface area (Å²) in [6, 6.07) is 4.41. The highest BCUT2D eigenvalue weighted by atomic mass is 19.1. The van der Waals surface area contributed by atoms with E-state index in [9.17, 15) is 9.50 Å². The maximum atomic E-state index is 13.1. The highest BCUT2D eigenvalue weighted by molar-refractivity contribution is 5.34. The van der Waals surface area contributed by atoms with Crippen molar-refractivity contribution >= 4 is 0 Å². The van der Waals surface area contributed by atoms with Gasteiger partial charge >= 0.3 is 0 Å². The van der Waals surface area contributed by atoms with E-state index in [0.29, 0.717) is 12.3 Å². The summed E-state index contributed by atoms with van der Waals surface area (Å²) in [6.45, 7) is 6.79. The Hall–Kier alpha value is -1.13. The molecule has 1 aromatic rings. The fourth-order valence-electron chi connectivity index (χ4n) is 1.36. The Morgan fingerprint density at radius 1 is 1.41 bits per heavy atom. The van der Waals surface area contributed by atoms with Gasteiger partial charge in [-0.2, -0.15) is 0 Å². The lowest BCUT2D eigenvalue weighted by atomic mass is 10.2. The number of aliphatic hydroxyl groups excluding tert-OH is 1. The summed E-state index contributed by atoms with van der Waals surface area (Å²) in [5, 5.41) is 12.5. The van der Waals surface area contributed by atoms with Gasteiger partial charge in [0.25, 0.3) is 0 Å². The lowest BCUT2D eigenvalue weighted by molar-refractivity contribution is 0.0597. The molecule has 0 fully saturated rings. The minimum atomic E-state index is -0.563. The van der Waals surface area contributed by atoms with E-state index in [0.717, 1.165) is 12.1 Å². The molecule has 1 aromatic carbocycles. The van der Waals surface area contributed by atoms with Gasteiger partial charge in [0.1, 0.15) is 17.7 Å². The van der Waals surface area contributed by atoms with Crippen molar-refractivity contribution in [2.45, 2.75) is 39.5 Å². The van der Waals surface area contributed by atoms with E-state index in [1.807, 2.05) is 6.92 Å². The van der Waals surface area contributed by atoms with Crippen LogP contribution in [0, 0.1) is 5.82 Å². The number of ether oxygens (including phenoxy) is 1. The van der Waals surface area contributed by atoms with Crippen molar-refractivity contribution in [2.75, 3.05) is 6.54 Å². The quantitative estimate of drug-likeness (QED) is 0.801. The van der Waals surface area contributed by atoms with Crippen LogP contribution in [0.4, 0.5) is 4.39 Å². The molecule has 0 bridgehead atoms. The molecule has 0 aliphatic heterocycles. The monoisotopic (exact) mass is 241 g/mol. The molecule has 0 spiro atoms. The first-order valence-electron chi connectivity index (χ1n) is 5.88. The van der Waals surface area contributed by atoms with E-state index in [2.05, 4.69) is 5.32 Å². The molecule has 0 heterocycles. The number of hydrogen-bond donors (Lipinski definition) is 2. The van der Waals surface area contributed by atoms with Crippen LogP contribution >= 0.6 is 0 Å². The Morgan fingerprint density at radius 3 is 2.71 bits per heavy atom. The molecule has 0 aliphatic carbocycles. The van der Waals surface area contributed by atoms with Gasteiger partial charge in [0.2, 0.25) is 0 Å². The summed E-state index contributed by atoms with van der Waals surface area (Å²) >= 11 is 0. The number of hydrogen-bond acceptors (Lipinski definition) is 3. The van der Waals surface area contributed by atoms with Gasteiger partial charge in [-0.1, -0.05) is 6.92 Å². The van der Waals surface area contributed by atoms with Crippen molar-refractivity contribution in [2.24, 2.45) is 0 Å². The standard InChI is InChI=1S/C13H20FNO2/c1-4-15-8-11-7-12(14)5-6-13(11)17-10(3)9(2)16/h5-7,9-10,15-16H,4,8H2,1-3H3. The smallest absolute Gasteiger partial charge is 0.124 e. The van der Waals surface area contributed by atoms with Gasteiger partial charge in [0.15, 0.2) is 0 Å². The molecule has 96 valence electrons. The van der Waals surface area contributed by atoms with Crippen LogP contribution in [0.25, 0.3) is 0 Å². The number of nitrogens with one attached hydrogen (secondary N) is 1. The summed E-state index contributed by atoms with van der Waals surface area (Å²) < 4.78 is 18.7. The second-order valence-corrected chi connectivity index (χ2v) is 4.10. The van der Waals surface area contributed by atoms with Crippen molar-refractivity contribution in [1.82, 2.24) is 5.32 Å². The summed E-state index contributed by atoms with van der Waals surface area (Å²) in [4.78, 5) is 0. The molecule has 0 saturated heterocycles. The van der Waals surface area contributed by atoms with E-state index in [1.165, 1.54) is 12.1 Å². The van der Waals surface area contributed by atoms with Crippen LogP contribution < -0.4 is 10.1 Å². The van der Waals surface area contributed by atoms with Crippen LogP contribution in [0.15, 0.2) is 18.2 Å². The average molecular weight is 241 g/mol. The van der Waals surface area contributed by atoms with E-state index >= 15 is 0 Å². The van der Waals surface area contributed by atoms with Crippen molar-refractivity contribution in [3.8, 4) is 5.75 Å². The van der Waals surface area contributed by atoms with Crippen molar-refractivity contribution in [1.29, 1.82) is 0 Å². The molecule has 0 amide bonds. The van der Waals surface area contributed by atoms with Crippen LogP contribution in [0.5, 0.6) is 5.75 Å². The van der Waals surface area contributed by atoms with Crippen LogP contribution in [0.3, 0.4) is 0 Å². The van der Waals surface area contributed by atoms with E-state index in [-0.39, 0.29) is 11.9 Å². The third-order valence-corrected chi connectivity index (χ3v) is 2.58. The zero-order chi connectivity index (χ0) is 12.8. The average Bonchev–Trinajstić information content (AvgIpc) is 2.29. The SMILES string of the molecule is CCNCc1cc(F)ccc1OC(C)C(C)O. The molecule has 2 atom stereocenters. The predicted octanol–water partition coefficient (Wildman–Crippen LogP) is 2.08. The van der Waals surface area contributed by atoms with Crippen molar-refractivity contribution in [3.63, 3.8) is 0 Å². The van der Waals surface area contributed by atoms with Crippen molar-refractivity contribution < 1.29 is 14.2 Å². The Kier molecular flexibility index (Phi) is 5.38. The molecule has 0 saturated carbocycles. The molecule has 17 heavy (non-hydrogen) atoms. The zero-order valence-electron chi connectivity index (χ0n) is 10.5. The summed E-state index contributed by atoms with van der Waals surface area (Å²) in [5.74, 6) is 0.329. The second kappa shape index (κ2) is 6.57. The maximum absolute atomic E-state index is 13.1. The molecular formula is C13H20FNO2. The van der Waals surface area contributed by atoms with Gasteiger partial charge in [-0.05, 0) is 38.6 Å². The molecule has 1 rings (SSSR count). The molecule has 0 aromatic heterocycles. The minimum Gasteiger partial charge on any atom is -0.488 e. The zero-order valence-corrected chi connectivity index (χ0v) is 10.5. The first kappa shape index (κ1) is 13.9. The minimum absolute atomic E-state index is 0.282. The predicted molar refractivity (Wildman–Crippen MR) is 65.6 cm³/mol. The normalized spacial score (nSPS) is 14.4. The van der Waals surface area contributed by atoms with Gasteiger partial charge in [-0.3, -0.25) is 0 Å². The molecular weight excluding hydrogens is 221 g/mol. The Morgan fingerprint density at radius 2 is 2.12 bits per heavy atom. The fourth-order valence-corrected chi connectivity index (χ4v) is 1.36. The number of rotatable bonds is 6. The summed E-state index contributed by atoms with van der Waals surface area (Å²) in [5.41, 5.74) is 0.763. The lowest BCUT2D eigenvalue weighted by Gasteiger charge is -2.19. The van der Waals surface area contributed by atoms with E-state index in [4.69, 9.17) is 4.74 Å². The molecule has 2 unspecified atom stereocenters. The molecule has 2 N–H and O–H groups in total. The molecule has 0 radical (unpaired) electrons. The van der Waals surface area contributed by atoms with Gasteiger partial charge in [0.05, 0.1) is 6.10 Å². The fraction of sp³-hybridized carbons (Fsp3) is 0.538. The maximum Gasteiger partial charge on any atom is 0.124 e. The van der Waals surface area contributed by atoms with Crippen molar-refractivity contribution in [3.05, 3.63) is 29.6 Å². The summed E-state index contributed by atoms with van der Waals surface area (Å²) in [6.07, 6.45) is -0.882. The largest absolute Gasteiger partial charge is 0.488 e. The Bertz CT molecular complexity index is 355. The number of aliphatic hydroxyl groups is 1. The second-order valence-electron chi connectivity index (χ2n) is 4.10. The number of benzene rings is 1. The highest BCUT2D eigenvalue weighted by Crippen LogP contribution is 2.21. The Labute approximate surface area is 102 Å². The van der Waals surface area contributed by atoms with Crippen LogP contribution in [-0.2, 0) is 6.54 Å². The van der Waals surface area contributed by atoms with Gasteiger partial charge in [-0.25, -0.2) is 4.39 Å². The van der Waals surface area contributed by atoms with Gasteiger partial charge in [-0.15, -0.1) is 0 Å².